The van der Waals surface area contributed by atoms with Gasteiger partial charge in [-0.2, -0.15) is 0 Å². The third kappa shape index (κ3) is 5.13. The van der Waals surface area contributed by atoms with Gasteiger partial charge in [0.2, 0.25) is 0 Å². The van der Waals surface area contributed by atoms with Crippen molar-refractivity contribution >= 4 is 11.6 Å². The van der Waals surface area contributed by atoms with Gasteiger partial charge in [-0.25, -0.2) is 0 Å². The van der Waals surface area contributed by atoms with E-state index in [1.54, 1.807) is 13.2 Å². The minimum Gasteiger partial charge on any atom is -0.493 e. The number of hydrogen-bond acceptors (Lipinski definition) is 4. The lowest BCUT2D eigenvalue weighted by Gasteiger charge is -2.24. The molecule has 0 saturated carbocycles. The number of rotatable bonds is 8. The molecule has 0 aliphatic carbocycles. The van der Waals surface area contributed by atoms with Crippen molar-refractivity contribution in [2.24, 2.45) is 0 Å². The molecule has 24 heavy (non-hydrogen) atoms. The van der Waals surface area contributed by atoms with E-state index in [1.165, 1.54) is 0 Å². The van der Waals surface area contributed by atoms with Crippen LogP contribution < -0.4 is 14.8 Å². The first-order valence-corrected chi connectivity index (χ1v) is 8.22. The molecule has 0 aromatic heterocycles. The van der Waals surface area contributed by atoms with E-state index in [0.717, 1.165) is 11.1 Å². The second kappa shape index (κ2) is 8.38. The first kappa shape index (κ1) is 18.6. The molecule has 0 aliphatic rings. The minimum absolute atomic E-state index is 0.0417. The molecule has 0 fully saturated rings. The third-order valence-corrected chi connectivity index (χ3v) is 4.07. The van der Waals surface area contributed by atoms with E-state index in [1.807, 2.05) is 50.2 Å². The van der Waals surface area contributed by atoms with Crippen LogP contribution in [0.5, 0.6) is 11.5 Å². The monoisotopic (exact) mass is 349 g/mol. The van der Waals surface area contributed by atoms with Crippen molar-refractivity contribution in [3.05, 3.63) is 58.6 Å². The maximum atomic E-state index is 9.32. The summed E-state index contributed by atoms with van der Waals surface area (Å²) in [6, 6.07) is 13.6. The average Bonchev–Trinajstić information content (AvgIpc) is 2.60. The molecule has 0 aliphatic heterocycles. The molecule has 0 heterocycles. The number of methoxy groups -OCH3 is 1. The summed E-state index contributed by atoms with van der Waals surface area (Å²) in [4.78, 5) is 0. The zero-order chi connectivity index (χ0) is 17.6. The summed E-state index contributed by atoms with van der Waals surface area (Å²) < 4.78 is 11.3. The second-order valence-electron chi connectivity index (χ2n) is 6.26. The Morgan fingerprint density at radius 2 is 1.83 bits per heavy atom. The van der Waals surface area contributed by atoms with E-state index in [-0.39, 0.29) is 12.1 Å². The van der Waals surface area contributed by atoms with Crippen molar-refractivity contribution in [3.8, 4) is 11.5 Å². The van der Waals surface area contributed by atoms with Crippen LogP contribution >= 0.6 is 11.6 Å². The summed E-state index contributed by atoms with van der Waals surface area (Å²) in [7, 11) is 1.60. The fraction of sp³-hybridized carbons (Fsp3) is 0.368. The van der Waals surface area contributed by atoms with E-state index >= 15 is 0 Å². The molecule has 5 heteroatoms. The van der Waals surface area contributed by atoms with Crippen molar-refractivity contribution in [2.75, 3.05) is 13.7 Å². The van der Waals surface area contributed by atoms with Crippen LogP contribution in [0.2, 0.25) is 5.02 Å². The Morgan fingerprint density at radius 1 is 1.12 bits per heavy atom. The highest BCUT2D eigenvalue weighted by atomic mass is 35.5. The van der Waals surface area contributed by atoms with Gasteiger partial charge in [0.25, 0.3) is 0 Å². The van der Waals surface area contributed by atoms with Gasteiger partial charge in [-0.15, -0.1) is 0 Å². The zero-order valence-electron chi connectivity index (χ0n) is 14.3. The molecule has 0 radical (unpaired) electrons. The molecule has 2 aromatic carbocycles. The molecule has 2 rings (SSSR count). The quantitative estimate of drug-likeness (QED) is 0.761. The van der Waals surface area contributed by atoms with E-state index in [9.17, 15) is 5.11 Å². The summed E-state index contributed by atoms with van der Waals surface area (Å²) in [6.45, 7) is 4.87. The lowest BCUT2D eigenvalue weighted by atomic mass is 10.1. The van der Waals surface area contributed by atoms with Gasteiger partial charge in [-0.1, -0.05) is 41.9 Å². The maximum absolute atomic E-state index is 9.32. The number of halogens is 1. The molecule has 130 valence electrons. The third-order valence-electron chi connectivity index (χ3n) is 3.72. The Kier molecular flexibility index (Phi) is 6.49. The molecule has 0 unspecified atom stereocenters. The standard InChI is InChI=1S/C19H24ClNO3/c1-19(2,13-22)21-11-15-9-17(23-3)18(10-16(15)20)24-12-14-7-5-4-6-8-14/h4-10,21-22H,11-13H2,1-3H3. The lowest BCUT2D eigenvalue weighted by Crippen LogP contribution is -2.42. The van der Waals surface area contributed by atoms with E-state index < -0.39 is 0 Å². The highest BCUT2D eigenvalue weighted by molar-refractivity contribution is 6.31. The first-order chi connectivity index (χ1) is 11.4. The van der Waals surface area contributed by atoms with Crippen molar-refractivity contribution in [1.29, 1.82) is 0 Å². The fourth-order valence-electron chi connectivity index (χ4n) is 2.11. The molecule has 4 nitrogen and oxygen atoms in total. The van der Waals surface area contributed by atoms with Gasteiger partial charge in [-0.05, 0) is 31.0 Å². The lowest BCUT2D eigenvalue weighted by molar-refractivity contribution is 0.187. The number of hydrogen-bond donors (Lipinski definition) is 2. The highest BCUT2D eigenvalue weighted by Gasteiger charge is 2.17. The van der Waals surface area contributed by atoms with Gasteiger partial charge in [0.1, 0.15) is 6.61 Å². The molecule has 0 bridgehead atoms. The van der Waals surface area contributed by atoms with Crippen molar-refractivity contribution in [2.45, 2.75) is 32.5 Å². The summed E-state index contributed by atoms with van der Waals surface area (Å²) in [5.41, 5.74) is 1.59. The number of nitrogens with one attached hydrogen (secondary N) is 1. The van der Waals surface area contributed by atoms with Crippen LogP contribution in [0, 0.1) is 0 Å². The number of ether oxygens (including phenoxy) is 2. The van der Waals surface area contributed by atoms with Crippen LogP contribution in [0.1, 0.15) is 25.0 Å². The zero-order valence-corrected chi connectivity index (χ0v) is 15.1. The van der Waals surface area contributed by atoms with E-state index in [2.05, 4.69) is 5.32 Å². The minimum atomic E-state index is -0.376. The molecule has 0 atom stereocenters. The van der Waals surface area contributed by atoms with Crippen LogP contribution in [-0.4, -0.2) is 24.4 Å². The Balaban J connectivity index is 2.11. The van der Waals surface area contributed by atoms with Crippen molar-refractivity contribution < 1.29 is 14.6 Å². The fourth-order valence-corrected chi connectivity index (χ4v) is 2.33. The van der Waals surface area contributed by atoms with Crippen LogP contribution in [0.25, 0.3) is 0 Å². The molecule has 0 saturated heterocycles. The summed E-state index contributed by atoms with van der Waals surface area (Å²) in [6.07, 6.45) is 0. The Labute approximate surface area is 148 Å². The van der Waals surface area contributed by atoms with Gasteiger partial charge in [-0.3, -0.25) is 0 Å². The van der Waals surface area contributed by atoms with Crippen LogP contribution in [0.3, 0.4) is 0 Å². The van der Waals surface area contributed by atoms with E-state index in [0.29, 0.717) is 29.7 Å². The smallest absolute Gasteiger partial charge is 0.163 e. The van der Waals surface area contributed by atoms with Gasteiger partial charge in [0.05, 0.1) is 13.7 Å². The molecular weight excluding hydrogens is 326 g/mol. The summed E-state index contributed by atoms with van der Waals surface area (Å²) >= 11 is 6.37. The second-order valence-corrected chi connectivity index (χ2v) is 6.67. The molecule has 0 amide bonds. The van der Waals surface area contributed by atoms with Gasteiger partial charge in [0, 0.05) is 23.2 Å². The Bertz CT molecular complexity index is 659. The molecular formula is C19H24ClNO3. The number of benzene rings is 2. The van der Waals surface area contributed by atoms with Crippen molar-refractivity contribution in [1.82, 2.24) is 5.32 Å². The normalized spacial score (nSPS) is 11.4. The number of aliphatic hydroxyl groups excluding tert-OH is 1. The predicted octanol–water partition coefficient (Wildman–Crippen LogP) is 3.79. The van der Waals surface area contributed by atoms with Gasteiger partial charge >= 0.3 is 0 Å². The Hall–Kier alpha value is -1.75. The Morgan fingerprint density at radius 3 is 2.46 bits per heavy atom. The maximum Gasteiger partial charge on any atom is 0.163 e. The van der Waals surface area contributed by atoms with Crippen LogP contribution in [-0.2, 0) is 13.2 Å². The first-order valence-electron chi connectivity index (χ1n) is 7.84. The average molecular weight is 350 g/mol. The van der Waals surface area contributed by atoms with E-state index in [4.69, 9.17) is 21.1 Å². The SMILES string of the molecule is COc1cc(CNC(C)(C)CO)c(Cl)cc1OCc1ccccc1. The van der Waals surface area contributed by atoms with Gasteiger partial charge in [0.15, 0.2) is 11.5 Å². The molecule has 2 N–H and O–H groups in total. The highest BCUT2D eigenvalue weighted by Crippen LogP contribution is 2.34. The topological polar surface area (TPSA) is 50.7 Å². The van der Waals surface area contributed by atoms with Crippen molar-refractivity contribution in [3.63, 3.8) is 0 Å². The van der Waals surface area contributed by atoms with Crippen LogP contribution in [0.4, 0.5) is 0 Å². The summed E-state index contributed by atoms with van der Waals surface area (Å²) in [5, 5.41) is 13.2. The molecule has 0 spiro atoms. The predicted molar refractivity (Wildman–Crippen MR) is 96.8 cm³/mol. The van der Waals surface area contributed by atoms with Crippen LogP contribution in [0.15, 0.2) is 42.5 Å². The summed E-state index contributed by atoms with van der Waals surface area (Å²) in [5.74, 6) is 1.24. The molecule has 2 aromatic rings. The largest absolute Gasteiger partial charge is 0.493 e. The number of aliphatic hydroxyl groups is 1. The van der Waals surface area contributed by atoms with Gasteiger partial charge < -0.3 is 19.9 Å².